The average molecular weight is 248 g/mol. The third-order valence-corrected chi connectivity index (χ3v) is 3.54. The first-order valence-electron chi connectivity index (χ1n) is 6.64. The summed E-state index contributed by atoms with van der Waals surface area (Å²) < 4.78 is 5.67. The Morgan fingerprint density at radius 3 is 2.94 bits per heavy atom. The minimum absolute atomic E-state index is 0.284. The van der Waals surface area contributed by atoms with Crippen molar-refractivity contribution in [3.63, 3.8) is 0 Å². The number of carboxylic acid groups (broad SMARTS) is 1. The summed E-state index contributed by atoms with van der Waals surface area (Å²) in [6, 6.07) is 6.30. The monoisotopic (exact) mass is 248 g/mol. The first-order valence-corrected chi connectivity index (χ1v) is 6.64. The molecule has 0 aromatic heterocycles. The molecule has 2 rings (SSSR count). The lowest BCUT2D eigenvalue weighted by molar-refractivity contribution is -0.141. The van der Waals surface area contributed by atoms with Gasteiger partial charge in [-0.15, -0.1) is 0 Å². The highest BCUT2D eigenvalue weighted by molar-refractivity contribution is 5.69. The molecule has 98 valence electrons. The van der Waals surface area contributed by atoms with Crippen molar-refractivity contribution < 1.29 is 14.6 Å². The van der Waals surface area contributed by atoms with Crippen LogP contribution in [-0.4, -0.2) is 17.7 Å². The summed E-state index contributed by atoms with van der Waals surface area (Å²) in [7, 11) is 0. The molecule has 0 bridgehead atoms. The summed E-state index contributed by atoms with van der Waals surface area (Å²) >= 11 is 0. The van der Waals surface area contributed by atoms with Crippen LogP contribution in [0.4, 0.5) is 0 Å². The summed E-state index contributed by atoms with van der Waals surface area (Å²) in [6.07, 6.45) is 5.04. The summed E-state index contributed by atoms with van der Waals surface area (Å²) in [5.41, 5.74) is 2.85. The smallest absolute Gasteiger partial charge is 0.306 e. The van der Waals surface area contributed by atoms with Gasteiger partial charge in [-0.3, -0.25) is 4.79 Å². The van der Waals surface area contributed by atoms with Crippen molar-refractivity contribution in [2.24, 2.45) is 5.92 Å². The van der Waals surface area contributed by atoms with Crippen LogP contribution in [0.25, 0.3) is 0 Å². The van der Waals surface area contributed by atoms with Gasteiger partial charge >= 0.3 is 5.97 Å². The van der Waals surface area contributed by atoms with E-state index < -0.39 is 5.97 Å². The predicted octanol–water partition coefficient (Wildman–Crippen LogP) is 3.06. The molecule has 0 saturated carbocycles. The number of rotatable bonds is 6. The lowest BCUT2D eigenvalue weighted by Gasteiger charge is -2.09. The summed E-state index contributed by atoms with van der Waals surface area (Å²) in [4.78, 5) is 10.7. The van der Waals surface area contributed by atoms with Crippen molar-refractivity contribution in [1.29, 1.82) is 0 Å². The average Bonchev–Trinajstić information content (AvgIpc) is 2.81. The van der Waals surface area contributed by atoms with Crippen LogP contribution in [0.15, 0.2) is 18.2 Å². The van der Waals surface area contributed by atoms with E-state index in [-0.39, 0.29) is 5.92 Å². The molecule has 1 atom stereocenters. The van der Waals surface area contributed by atoms with Crippen molar-refractivity contribution in [3.05, 3.63) is 29.3 Å². The fourth-order valence-electron chi connectivity index (χ4n) is 2.34. The molecule has 1 N–H and O–H groups in total. The Balaban J connectivity index is 1.75. The number of aliphatic carboxylic acids is 1. The van der Waals surface area contributed by atoms with E-state index in [2.05, 4.69) is 12.1 Å². The number of fused-ring (bicyclic) bond motifs is 1. The van der Waals surface area contributed by atoms with Crippen molar-refractivity contribution in [2.45, 2.75) is 39.0 Å². The van der Waals surface area contributed by atoms with Gasteiger partial charge in [0, 0.05) is 0 Å². The van der Waals surface area contributed by atoms with E-state index in [4.69, 9.17) is 9.84 Å². The normalized spacial score (nSPS) is 15.2. The van der Waals surface area contributed by atoms with Crippen LogP contribution in [0.1, 0.15) is 37.3 Å². The van der Waals surface area contributed by atoms with Crippen LogP contribution in [-0.2, 0) is 17.6 Å². The molecular formula is C15H20O3. The second-order valence-electron chi connectivity index (χ2n) is 5.01. The van der Waals surface area contributed by atoms with Gasteiger partial charge in [0.2, 0.25) is 0 Å². The first-order chi connectivity index (χ1) is 8.66. The molecule has 3 heteroatoms. The zero-order valence-corrected chi connectivity index (χ0v) is 10.8. The van der Waals surface area contributed by atoms with E-state index in [1.807, 2.05) is 6.07 Å². The molecule has 0 radical (unpaired) electrons. The minimum atomic E-state index is -0.729. The standard InChI is InChI=1S/C15H20O3/c1-11(15(16)17)4-3-9-18-14-8-7-12-5-2-6-13(12)10-14/h7-8,10-11H,2-6,9H2,1H3,(H,16,17). The molecule has 0 heterocycles. The van der Waals surface area contributed by atoms with Gasteiger partial charge < -0.3 is 9.84 Å². The second kappa shape index (κ2) is 5.89. The molecule has 0 fully saturated rings. The van der Waals surface area contributed by atoms with Gasteiger partial charge in [-0.2, -0.15) is 0 Å². The van der Waals surface area contributed by atoms with E-state index in [1.54, 1.807) is 6.92 Å². The van der Waals surface area contributed by atoms with Gasteiger partial charge in [0.25, 0.3) is 0 Å². The zero-order chi connectivity index (χ0) is 13.0. The Morgan fingerprint density at radius 2 is 2.17 bits per heavy atom. The highest BCUT2D eigenvalue weighted by atomic mass is 16.5. The Morgan fingerprint density at radius 1 is 1.39 bits per heavy atom. The molecule has 1 unspecified atom stereocenters. The predicted molar refractivity (Wildman–Crippen MR) is 70.0 cm³/mol. The van der Waals surface area contributed by atoms with Crippen LogP contribution >= 0.6 is 0 Å². The number of hydrogen-bond acceptors (Lipinski definition) is 2. The molecular weight excluding hydrogens is 228 g/mol. The fourth-order valence-corrected chi connectivity index (χ4v) is 2.34. The van der Waals surface area contributed by atoms with E-state index >= 15 is 0 Å². The first kappa shape index (κ1) is 12.9. The summed E-state index contributed by atoms with van der Waals surface area (Å²) in [6.45, 7) is 2.33. The maximum atomic E-state index is 10.7. The molecule has 18 heavy (non-hydrogen) atoms. The fraction of sp³-hybridized carbons (Fsp3) is 0.533. The van der Waals surface area contributed by atoms with Gasteiger partial charge in [0.05, 0.1) is 12.5 Å². The van der Waals surface area contributed by atoms with Gasteiger partial charge in [-0.1, -0.05) is 13.0 Å². The van der Waals surface area contributed by atoms with Crippen LogP contribution in [0.2, 0.25) is 0 Å². The number of aryl methyl sites for hydroxylation is 2. The molecule has 3 nitrogen and oxygen atoms in total. The summed E-state index contributed by atoms with van der Waals surface area (Å²) in [5, 5.41) is 8.76. The quantitative estimate of drug-likeness (QED) is 0.787. The zero-order valence-electron chi connectivity index (χ0n) is 10.8. The Bertz CT molecular complexity index is 426. The molecule has 0 amide bonds. The largest absolute Gasteiger partial charge is 0.494 e. The number of hydrogen-bond donors (Lipinski definition) is 1. The maximum absolute atomic E-state index is 10.7. The van der Waals surface area contributed by atoms with Gasteiger partial charge in [-0.25, -0.2) is 0 Å². The lowest BCUT2D eigenvalue weighted by atomic mass is 10.1. The Hall–Kier alpha value is -1.51. The molecule has 0 aliphatic heterocycles. The third kappa shape index (κ3) is 3.25. The van der Waals surface area contributed by atoms with Crippen LogP contribution in [0, 0.1) is 5.92 Å². The highest BCUT2D eigenvalue weighted by Crippen LogP contribution is 2.26. The van der Waals surface area contributed by atoms with Crippen molar-refractivity contribution >= 4 is 5.97 Å². The van der Waals surface area contributed by atoms with E-state index in [0.29, 0.717) is 13.0 Å². The molecule has 1 aliphatic rings. The maximum Gasteiger partial charge on any atom is 0.306 e. The Kier molecular flexibility index (Phi) is 4.24. The SMILES string of the molecule is CC(CCCOc1ccc2c(c1)CCC2)C(=O)O. The topological polar surface area (TPSA) is 46.5 Å². The Labute approximate surface area is 108 Å². The van der Waals surface area contributed by atoms with Crippen molar-refractivity contribution in [1.82, 2.24) is 0 Å². The lowest BCUT2D eigenvalue weighted by Crippen LogP contribution is -2.10. The van der Waals surface area contributed by atoms with Gasteiger partial charge in [0.1, 0.15) is 5.75 Å². The van der Waals surface area contributed by atoms with Gasteiger partial charge in [0.15, 0.2) is 0 Å². The molecule has 1 aromatic rings. The van der Waals surface area contributed by atoms with Crippen molar-refractivity contribution in [3.8, 4) is 5.75 Å². The van der Waals surface area contributed by atoms with Crippen LogP contribution in [0.5, 0.6) is 5.75 Å². The molecule has 1 aliphatic carbocycles. The summed E-state index contributed by atoms with van der Waals surface area (Å²) in [5.74, 6) is -0.0974. The number of carbonyl (C=O) groups is 1. The van der Waals surface area contributed by atoms with E-state index in [1.165, 1.54) is 24.0 Å². The minimum Gasteiger partial charge on any atom is -0.494 e. The van der Waals surface area contributed by atoms with Crippen molar-refractivity contribution in [2.75, 3.05) is 6.61 Å². The third-order valence-electron chi connectivity index (χ3n) is 3.54. The molecule has 1 aromatic carbocycles. The number of carboxylic acids is 1. The molecule has 0 saturated heterocycles. The van der Waals surface area contributed by atoms with E-state index in [9.17, 15) is 4.79 Å². The van der Waals surface area contributed by atoms with Gasteiger partial charge in [-0.05, 0) is 55.4 Å². The molecule has 0 spiro atoms. The van der Waals surface area contributed by atoms with Crippen LogP contribution < -0.4 is 4.74 Å². The van der Waals surface area contributed by atoms with Crippen LogP contribution in [0.3, 0.4) is 0 Å². The second-order valence-corrected chi connectivity index (χ2v) is 5.01. The highest BCUT2D eigenvalue weighted by Gasteiger charge is 2.12. The van der Waals surface area contributed by atoms with E-state index in [0.717, 1.165) is 18.6 Å². The number of benzene rings is 1. The number of ether oxygens (including phenoxy) is 1.